The lowest BCUT2D eigenvalue weighted by Gasteiger charge is -2.06. The van der Waals surface area contributed by atoms with Gasteiger partial charge in [0.15, 0.2) is 0 Å². The molecule has 0 spiro atoms. The summed E-state index contributed by atoms with van der Waals surface area (Å²) >= 11 is 5.92. The van der Waals surface area contributed by atoms with Crippen LogP contribution in [0.25, 0.3) is 0 Å². The zero-order valence-corrected chi connectivity index (χ0v) is 8.66. The minimum atomic E-state index is 0.329. The number of nitrogens with one attached hydrogen (secondary N) is 1. The van der Waals surface area contributed by atoms with Crippen molar-refractivity contribution in [2.24, 2.45) is 0 Å². The normalized spacial score (nSPS) is 10.2. The third kappa shape index (κ3) is 2.22. The average molecular weight is 224 g/mol. The van der Waals surface area contributed by atoms with Crippen molar-refractivity contribution in [3.8, 4) is 5.75 Å². The number of ether oxygens (including phenoxy) is 1. The lowest BCUT2D eigenvalue weighted by atomic mass is 10.3. The van der Waals surface area contributed by atoms with E-state index >= 15 is 0 Å². The predicted molar refractivity (Wildman–Crippen MR) is 58.8 cm³/mol. The molecule has 0 aliphatic heterocycles. The van der Waals surface area contributed by atoms with Crippen LogP contribution >= 0.6 is 11.6 Å². The average Bonchev–Trinajstić information content (AvgIpc) is 2.63. The van der Waals surface area contributed by atoms with E-state index in [4.69, 9.17) is 22.1 Å². The number of nitrogen functional groups attached to an aromatic ring is 1. The molecule has 1 aromatic carbocycles. The molecule has 2 aromatic rings. The largest absolute Gasteiger partial charge is 0.486 e. The lowest BCUT2D eigenvalue weighted by molar-refractivity contribution is 0.302. The van der Waals surface area contributed by atoms with Gasteiger partial charge >= 0.3 is 0 Å². The van der Waals surface area contributed by atoms with Crippen LogP contribution < -0.4 is 10.5 Å². The second-order valence-corrected chi connectivity index (χ2v) is 3.43. The van der Waals surface area contributed by atoms with Gasteiger partial charge in [-0.3, -0.25) is 5.10 Å². The maximum atomic E-state index is 5.92. The van der Waals surface area contributed by atoms with Crippen molar-refractivity contribution in [2.75, 3.05) is 5.73 Å². The minimum absolute atomic E-state index is 0.329. The van der Waals surface area contributed by atoms with E-state index in [-0.39, 0.29) is 0 Å². The highest BCUT2D eigenvalue weighted by Crippen LogP contribution is 2.24. The molecule has 4 nitrogen and oxygen atoms in total. The van der Waals surface area contributed by atoms with Gasteiger partial charge in [-0.05, 0) is 12.1 Å². The number of halogens is 1. The molecule has 0 saturated heterocycles. The van der Waals surface area contributed by atoms with Crippen molar-refractivity contribution >= 4 is 17.3 Å². The van der Waals surface area contributed by atoms with Crippen LogP contribution in [0.1, 0.15) is 5.69 Å². The molecule has 0 unspecified atom stereocenters. The van der Waals surface area contributed by atoms with E-state index < -0.39 is 0 Å². The van der Waals surface area contributed by atoms with Crippen molar-refractivity contribution in [1.29, 1.82) is 0 Å². The first-order valence-corrected chi connectivity index (χ1v) is 4.80. The molecular formula is C10H10ClN3O. The summed E-state index contributed by atoms with van der Waals surface area (Å²) in [5.74, 6) is 0.633. The number of nitrogens with zero attached hydrogens (tertiary/aromatic N) is 1. The summed E-state index contributed by atoms with van der Waals surface area (Å²) in [6.45, 7) is 0.329. The zero-order valence-electron chi connectivity index (χ0n) is 7.90. The van der Waals surface area contributed by atoms with Crippen molar-refractivity contribution in [1.82, 2.24) is 10.2 Å². The Balaban J connectivity index is 2.06. The maximum absolute atomic E-state index is 5.92. The van der Waals surface area contributed by atoms with Crippen LogP contribution in [-0.2, 0) is 6.61 Å². The molecule has 2 rings (SSSR count). The fourth-order valence-electron chi connectivity index (χ4n) is 1.15. The Morgan fingerprint density at radius 3 is 2.87 bits per heavy atom. The molecule has 0 fully saturated rings. The van der Waals surface area contributed by atoms with Gasteiger partial charge in [-0.15, -0.1) is 0 Å². The van der Waals surface area contributed by atoms with E-state index in [1.165, 1.54) is 0 Å². The molecule has 0 atom stereocenters. The van der Waals surface area contributed by atoms with Crippen LogP contribution in [0.2, 0.25) is 5.02 Å². The van der Waals surface area contributed by atoms with E-state index in [0.717, 1.165) is 5.69 Å². The molecule has 0 saturated carbocycles. The molecule has 0 amide bonds. The number of nitrogens with two attached hydrogens (primary N) is 1. The molecule has 0 bridgehead atoms. The van der Waals surface area contributed by atoms with Crippen molar-refractivity contribution in [3.05, 3.63) is 41.2 Å². The molecule has 15 heavy (non-hydrogen) atoms. The Labute approximate surface area is 92.0 Å². The number of aromatic amines is 1. The Hall–Kier alpha value is -1.68. The van der Waals surface area contributed by atoms with Crippen molar-refractivity contribution in [2.45, 2.75) is 6.61 Å². The van der Waals surface area contributed by atoms with Crippen LogP contribution in [0.3, 0.4) is 0 Å². The van der Waals surface area contributed by atoms with Crippen LogP contribution in [0.15, 0.2) is 30.5 Å². The summed E-state index contributed by atoms with van der Waals surface area (Å²) in [5.41, 5.74) is 6.97. The first-order valence-electron chi connectivity index (χ1n) is 4.42. The third-order valence-electron chi connectivity index (χ3n) is 1.96. The fourth-order valence-corrected chi connectivity index (χ4v) is 1.34. The number of aromatic nitrogens is 2. The monoisotopic (exact) mass is 223 g/mol. The number of hydrogen-bond acceptors (Lipinski definition) is 3. The summed E-state index contributed by atoms with van der Waals surface area (Å²) < 4.78 is 5.48. The van der Waals surface area contributed by atoms with Crippen LogP contribution in [-0.4, -0.2) is 10.2 Å². The highest BCUT2D eigenvalue weighted by atomic mass is 35.5. The van der Waals surface area contributed by atoms with Gasteiger partial charge in [0, 0.05) is 0 Å². The Kier molecular flexibility index (Phi) is 2.78. The maximum Gasteiger partial charge on any atom is 0.138 e. The molecule has 0 aliphatic rings. The quantitative estimate of drug-likeness (QED) is 0.839. The van der Waals surface area contributed by atoms with Gasteiger partial charge in [-0.1, -0.05) is 23.7 Å². The lowest BCUT2D eigenvalue weighted by Crippen LogP contribution is -1.99. The highest BCUT2D eigenvalue weighted by Gasteiger charge is 2.04. The van der Waals surface area contributed by atoms with Gasteiger partial charge in [0.05, 0.1) is 22.6 Å². The van der Waals surface area contributed by atoms with Gasteiger partial charge < -0.3 is 10.5 Å². The predicted octanol–water partition coefficient (Wildman–Crippen LogP) is 2.22. The highest BCUT2D eigenvalue weighted by molar-refractivity contribution is 6.32. The van der Waals surface area contributed by atoms with Gasteiger partial charge in [0.25, 0.3) is 0 Å². The summed E-state index contributed by atoms with van der Waals surface area (Å²) in [4.78, 5) is 0. The third-order valence-corrected chi connectivity index (χ3v) is 2.27. The van der Waals surface area contributed by atoms with E-state index in [9.17, 15) is 0 Å². The van der Waals surface area contributed by atoms with Gasteiger partial charge in [-0.25, -0.2) is 0 Å². The van der Waals surface area contributed by atoms with E-state index in [0.29, 0.717) is 23.1 Å². The molecule has 0 aliphatic carbocycles. The van der Waals surface area contributed by atoms with Crippen molar-refractivity contribution in [3.63, 3.8) is 0 Å². The summed E-state index contributed by atoms with van der Waals surface area (Å²) in [6, 6.07) is 7.28. The molecule has 3 N–H and O–H groups in total. The number of H-pyrrole nitrogens is 1. The number of benzene rings is 1. The molecule has 1 heterocycles. The summed E-state index contributed by atoms with van der Waals surface area (Å²) in [6.07, 6.45) is 1.55. The van der Waals surface area contributed by atoms with Gasteiger partial charge in [-0.2, -0.15) is 5.10 Å². The molecule has 0 radical (unpaired) electrons. The molecule has 1 aromatic heterocycles. The SMILES string of the molecule is Nc1cn[nH]c1COc1ccccc1Cl. The molecule has 78 valence electrons. The van der Waals surface area contributed by atoms with Gasteiger partial charge in [0.2, 0.25) is 0 Å². The van der Waals surface area contributed by atoms with Crippen LogP contribution in [0.4, 0.5) is 5.69 Å². The van der Waals surface area contributed by atoms with Crippen molar-refractivity contribution < 1.29 is 4.74 Å². The summed E-state index contributed by atoms with van der Waals surface area (Å²) in [7, 11) is 0. The standard InChI is InChI=1S/C10H10ClN3O/c11-7-3-1-2-4-10(7)15-6-9-8(12)5-13-14-9/h1-5H,6,12H2,(H,13,14). The van der Waals surface area contributed by atoms with E-state index in [1.807, 2.05) is 12.1 Å². The number of para-hydroxylation sites is 1. The minimum Gasteiger partial charge on any atom is -0.486 e. The second-order valence-electron chi connectivity index (χ2n) is 3.02. The molecule has 5 heteroatoms. The number of anilines is 1. The second kappa shape index (κ2) is 4.23. The Bertz CT molecular complexity index is 455. The van der Waals surface area contributed by atoms with Crippen LogP contribution in [0, 0.1) is 0 Å². The first-order chi connectivity index (χ1) is 7.27. The smallest absolute Gasteiger partial charge is 0.138 e. The first kappa shape index (κ1) is 9.86. The van der Waals surface area contributed by atoms with Gasteiger partial charge in [0.1, 0.15) is 12.4 Å². The number of rotatable bonds is 3. The summed E-state index contributed by atoms with van der Waals surface area (Å²) in [5, 5.41) is 7.12. The fraction of sp³-hybridized carbons (Fsp3) is 0.100. The topological polar surface area (TPSA) is 63.9 Å². The van der Waals surface area contributed by atoms with Crippen LogP contribution in [0.5, 0.6) is 5.75 Å². The number of hydrogen-bond donors (Lipinski definition) is 2. The zero-order chi connectivity index (χ0) is 10.7. The van der Waals surface area contributed by atoms with E-state index in [1.54, 1.807) is 18.3 Å². The van der Waals surface area contributed by atoms with E-state index in [2.05, 4.69) is 10.2 Å². The molecular weight excluding hydrogens is 214 g/mol. The Morgan fingerprint density at radius 1 is 1.40 bits per heavy atom. The Morgan fingerprint density at radius 2 is 2.20 bits per heavy atom.